The van der Waals surface area contributed by atoms with Crippen LogP contribution in [0.3, 0.4) is 0 Å². The third-order valence-electron chi connectivity index (χ3n) is 6.49. The molecule has 2 fully saturated rings. The van der Waals surface area contributed by atoms with E-state index >= 15 is 0 Å². The highest BCUT2D eigenvalue weighted by molar-refractivity contribution is 7.10. The highest BCUT2D eigenvalue weighted by atomic mass is 32.1. The molecule has 0 saturated carbocycles. The van der Waals surface area contributed by atoms with E-state index in [-0.39, 0.29) is 11.3 Å². The molecule has 0 unspecified atom stereocenters. The Bertz CT molecular complexity index is 1220. The Hall–Kier alpha value is -3.46. The largest absolute Gasteiger partial charge is 0.507 e. The van der Waals surface area contributed by atoms with Crippen molar-refractivity contribution >= 4 is 28.8 Å². The predicted octanol–water partition coefficient (Wildman–Crippen LogP) is 4.08. The average molecular weight is 505 g/mol. The zero-order valence-electron chi connectivity index (χ0n) is 19.8. The van der Waals surface area contributed by atoms with Gasteiger partial charge in [-0.1, -0.05) is 36.4 Å². The summed E-state index contributed by atoms with van der Waals surface area (Å²) in [5.74, 6) is -0.755. The fraction of sp³-hybridized carbons (Fsp3) is 0.286. The van der Waals surface area contributed by atoms with Gasteiger partial charge in [0.15, 0.2) is 0 Å². The summed E-state index contributed by atoms with van der Waals surface area (Å²) in [6.45, 7) is 4.40. The first-order chi connectivity index (χ1) is 17.6. The number of hydrogen-bond acceptors (Lipinski definition) is 7. The number of benzene rings is 2. The quantitative estimate of drug-likeness (QED) is 0.283. The molecule has 1 N–H and O–H groups in total. The van der Waals surface area contributed by atoms with Crippen molar-refractivity contribution in [2.75, 3.05) is 39.4 Å². The van der Waals surface area contributed by atoms with Gasteiger partial charge in [0.1, 0.15) is 18.1 Å². The van der Waals surface area contributed by atoms with Crippen molar-refractivity contribution in [3.05, 3.63) is 93.7 Å². The first-order valence-electron chi connectivity index (χ1n) is 12.0. The molecule has 7 nitrogen and oxygen atoms in total. The number of amides is 1. The van der Waals surface area contributed by atoms with E-state index in [0.29, 0.717) is 44.2 Å². The second-order valence-corrected chi connectivity index (χ2v) is 9.74. The van der Waals surface area contributed by atoms with E-state index in [1.807, 2.05) is 47.8 Å². The van der Waals surface area contributed by atoms with Crippen LogP contribution in [0.15, 0.2) is 77.7 Å². The van der Waals surface area contributed by atoms with Gasteiger partial charge in [0.05, 0.1) is 24.8 Å². The third kappa shape index (κ3) is 5.21. The van der Waals surface area contributed by atoms with Crippen molar-refractivity contribution in [3.63, 3.8) is 0 Å². The van der Waals surface area contributed by atoms with Gasteiger partial charge in [-0.2, -0.15) is 0 Å². The lowest BCUT2D eigenvalue weighted by Gasteiger charge is -2.30. The van der Waals surface area contributed by atoms with Crippen LogP contribution in [0.4, 0.5) is 0 Å². The van der Waals surface area contributed by atoms with E-state index in [1.165, 1.54) is 11.3 Å². The van der Waals surface area contributed by atoms with Gasteiger partial charge in [-0.3, -0.25) is 14.5 Å². The number of hydrogen-bond donors (Lipinski definition) is 1. The standard InChI is InChI=1S/C28H28N2O5S/c31-26(21-8-10-22(11-9-21)35-19-20-5-2-1-3-6-20)24-25(23-7-4-18-36-23)30(28(33)27(24)32)13-12-29-14-16-34-17-15-29/h1-11,18,25,31H,12-17,19H2/t25-/m1/s1. The molecule has 8 heteroatoms. The van der Waals surface area contributed by atoms with Crippen LogP contribution in [-0.4, -0.2) is 66.0 Å². The molecule has 2 saturated heterocycles. The summed E-state index contributed by atoms with van der Waals surface area (Å²) in [6, 6.07) is 20.0. The van der Waals surface area contributed by atoms with Crippen molar-refractivity contribution in [2.24, 2.45) is 0 Å². The molecular formula is C28H28N2O5S. The van der Waals surface area contributed by atoms with Crippen LogP contribution < -0.4 is 4.74 Å². The van der Waals surface area contributed by atoms with Crippen molar-refractivity contribution in [2.45, 2.75) is 12.6 Å². The van der Waals surface area contributed by atoms with Crippen LogP contribution >= 0.6 is 11.3 Å². The minimum Gasteiger partial charge on any atom is -0.507 e. The molecule has 2 aromatic carbocycles. The number of carbonyl (C=O) groups is 2. The van der Waals surface area contributed by atoms with Crippen molar-refractivity contribution in [3.8, 4) is 5.75 Å². The number of rotatable bonds is 8. The Kier molecular flexibility index (Phi) is 7.46. The van der Waals surface area contributed by atoms with Crippen LogP contribution in [0, 0.1) is 0 Å². The molecule has 36 heavy (non-hydrogen) atoms. The Morgan fingerprint density at radius 3 is 2.42 bits per heavy atom. The summed E-state index contributed by atoms with van der Waals surface area (Å²) in [4.78, 5) is 30.9. The first kappa shape index (κ1) is 24.2. The fourth-order valence-electron chi connectivity index (χ4n) is 4.53. The molecule has 2 aliphatic heterocycles. The van der Waals surface area contributed by atoms with E-state index in [2.05, 4.69) is 4.90 Å². The average Bonchev–Trinajstić information content (AvgIpc) is 3.54. The second-order valence-electron chi connectivity index (χ2n) is 8.76. The Labute approximate surface area is 214 Å². The number of ether oxygens (including phenoxy) is 2. The predicted molar refractivity (Wildman–Crippen MR) is 138 cm³/mol. The number of aliphatic hydroxyl groups excluding tert-OH is 1. The van der Waals surface area contributed by atoms with Gasteiger partial charge in [-0.15, -0.1) is 11.3 Å². The van der Waals surface area contributed by atoms with Crippen molar-refractivity contribution < 1.29 is 24.2 Å². The summed E-state index contributed by atoms with van der Waals surface area (Å²) in [5, 5.41) is 13.1. The van der Waals surface area contributed by atoms with Gasteiger partial charge >= 0.3 is 0 Å². The van der Waals surface area contributed by atoms with E-state index in [9.17, 15) is 14.7 Å². The lowest BCUT2D eigenvalue weighted by molar-refractivity contribution is -0.140. The van der Waals surface area contributed by atoms with Gasteiger partial charge < -0.3 is 19.5 Å². The summed E-state index contributed by atoms with van der Waals surface area (Å²) in [5.41, 5.74) is 1.65. The topological polar surface area (TPSA) is 79.3 Å². The number of morpholine rings is 1. The van der Waals surface area contributed by atoms with Crippen molar-refractivity contribution in [1.29, 1.82) is 0 Å². The molecule has 0 radical (unpaired) electrons. The van der Waals surface area contributed by atoms with Crippen LogP contribution in [0.1, 0.15) is 22.0 Å². The number of Topliss-reactive ketones (excluding diaryl/α,β-unsaturated/α-hetero) is 1. The maximum atomic E-state index is 13.2. The fourth-order valence-corrected chi connectivity index (χ4v) is 5.38. The number of aliphatic hydroxyl groups is 1. The van der Waals surface area contributed by atoms with E-state index < -0.39 is 17.7 Å². The molecule has 3 heterocycles. The van der Waals surface area contributed by atoms with E-state index in [0.717, 1.165) is 23.5 Å². The molecular weight excluding hydrogens is 476 g/mol. The van der Waals surface area contributed by atoms with Crippen LogP contribution in [-0.2, 0) is 20.9 Å². The number of thiophene rings is 1. The number of carbonyl (C=O) groups excluding carboxylic acids is 2. The number of nitrogens with zero attached hydrogens (tertiary/aromatic N) is 2. The number of likely N-dealkylation sites (tertiary alicyclic amines) is 1. The van der Waals surface area contributed by atoms with E-state index in [1.54, 1.807) is 29.2 Å². The third-order valence-corrected chi connectivity index (χ3v) is 7.41. The smallest absolute Gasteiger partial charge is 0.295 e. The Morgan fingerprint density at radius 1 is 0.972 bits per heavy atom. The minimum atomic E-state index is -0.655. The molecule has 2 aliphatic rings. The molecule has 5 rings (SSSR count). The lowest BCUT2D eigenvalue weighted by Crippen LogP contribution is -2.42. The van der Waals surface area contributed by atoms with Gasteiger partial charge in [0.2, 0.25) is 0 Å². The zero-order valence-corrected chi connectivity index (χ0v) is 20.7. The van der Waals surface area contributed by atoms with Gasteiger partial charge in [0.25, 0.3) is 11.7 Å². The zero-order chi connectivity index (χ0) is 24.9. The summed E-state index contributed by atoms with van der Waals surface area (Å²) < 4.78 is 11.2. The maximum Gasteiger partial charge on any atom is 0.295 e. The van der Waals surface area contributed by atoms with Gasteiger partial charge in [-0.05, 0) is 41.3 Å². The monoisotopic (exact) mass is 504 g/mol. The summed E-state index contributed by atoms with van der Waals surface area (Å²) in [6.07, 6.45) is 0. The van der Waals surface area contributed by atoms with Crippen molar-refractivity contribution in [1.82, 2.24) is 9.80 Å². The van der Waals surface area contributed by atoms with Gasteiger partial charge in [-0.25, -0.2) is 0 Å². The molecule has 1 atom stereocenters. The Morgan fingerprint density at radius 2 is 1.72 bits per heavy atom. The minimum absolute atomic E-state index is 0.127. The highest BCUT2D eigenvalue weighted by Gasteiger charge is 2.46. The van der Waals surface area contributed by atoms with Crippen LogP contribution in [0.5, 0.6) is 5.75 Å². The number of ketones is 1. The maximum absolute atomic E-state index is 13.2. The molecule has 1 amide bonds. The normalized spacial score (nSPS) is 20.1. The van der Waals surface area contributed by atoms with Gasteiger partial charge in [0, 0.05) is 36.6 Å². The highest BCUT2D eigenvalue weighted by Crippen LogP contribution is 2.41. The Balaban J connectivity index is 1.38. The van der Waals surface area contributed by atoms with Crippen LogP contribution in [0.25, 0.3) is 5.76 Å². The molecule has 0 aliphatic carbocycles. The lowest BCUT2D eigenvalue weighted by atomic mass is 10.00. The molecule has 0 bridgehead atoms. The van der Waals surface area contributed by atoms with Crippen LogP contribution in [0.2, 0.25) is 0 Å². The molecule has 1 aromatic heterocycles. The molecule has 3 aromatic rings. The molecule has 0 spiro atoms. The summed E-state index contributed by atoms with van der Waals surface area (Å²) >= 11 is 1.47. The summed E-state index contributed by atoms with van der Waals surface area (Å²) in [7, 11) is 0. The van der Waals surface area contributed by atoms with E-state index in [4.69, 9.17) is 9.47 Å². The first-order valence-corrected chi connectivity index (χ1v) is 12.9. The SMILES string of the molecule is O=C1C(=O)N(CCN2CCOCC2)[C@H](c2cccs2)C1=C(O)c1ccc(OCc2ccccc2)cc1. The second kappa shape index (κ2) is 11.1. The molecule has 186 valence electrons.